The van der Waals surface area contributed by atoms with Crippen molar-refractivity contribution in [2.45, 2.75) is 0 Å². The molecule has 4 heteroatoms. The molecule has 0 radical (unpaired) electrons. The van der Waals surface area contributed by atoms with Crippen LogP contribution in [0.3, 0.4) is 0 Å². The topological polar surface area (TPSA) is 56.7 Å². The molecular formula is C14H12N4. The molecule has 0 amide bonds. The largest absolute Gasteiger partial charge is 0.399 e. The molecule has 0 atom stereocenters. The summed E-state index contributed by atoms with van der Waals surface area (Å²) in [5, 5.41) is 4.34. The van der Waals surface area contributed by atoms with Crippen LogP contribution in [0, 0.1) is 0 Å². The van der Waals surface area contributed by atoms with E-state index in [2.05, 4.69) is 10.1 Å². The molecule has 2 heterocycles. The van der Waals surface area contributed by atoms with E-state index in [9.17, 15) is 0 Å². The lowest BCUT2D eigenvalue weighted by Crippen LogP contribution is -1.93. The molecule has 1 aromatic carbocycles. The number of rotatable bonds is 2. The van der Waals surface area contributed by atoms with Crippen LogP contribution in [-0.2, 0) is 0 Å². The van der Waals surface area contributed by atoms with Gasteiger partial charge in [0.05, 0.1) is 11.9 Å². The molecule has 88 valence electrons. The number of benzene rings is 1. The molecule has 0 unspecified atom stereocenters. The normalized spacial score (nSPS) is 10.4. The van der Waals surface area contributed by atoms with Crippen molar-refractivity contribution in [3.8, 4) is 16.8 Å². The Morgan fingerprint density at radius 3 is 2.33 bits per heavy atom. The van der Waals surface area contributed by atoms with Crippen LogP contribution in [0.5, 0.6) is 0 Å². The summed E-state index contributed by atoms with van der Waals surface area (Å²) in [7, 11) is 0. The molecule has 0 fully saturated rings. The number of pyridine rings is 1. The molecule has 3 rings (SSSR count). The molecule has 3 aromatic rings. The van der Waals surface area contributed by atoms with Crippen LogP contribution in [-0.4, -0.2) is 14.8 Å². The fraction of sp³-hybridized carbons (Fsp3) is 0. The van der Waals surface area contributed by atoms with Crippen LogP contribution >= 0.6 is 0 Å². The Hall–Kier alpha value is -2.62. The second-order valence-electron chi connectivity index (χ2n) is 4.00. The molecule has 0 aliphatic carbocycles. The third-order valence-corrected chi connectivity index (χ3v) is 2.75. The van der Waals surface area contributed by atoms with E-state index in [0.717, 1.165) is 22.5 Å². The Morgan fingerprint density at radius 2 is 1.61 bits per heavy atom. The molecule has 2 N–H and O–H groups in total. The molecule has 18 heavy (non-hydrogen) atoms. The number of nitrogens with zero attached hydrogens (tertiary/aromatic N) is 3. The van der Waals surface area contributed by atoms with Crippen LogP contribution in [0.2, 0.25) is 0 Å². The number of nitrogens with two attached hydrogens (primary N) is 1. The van der Waals surface area contributed by atoms with Crippen molar-refractivity contribution in [2.24, 2.45) is 0 Å². The molecule has 4 nitrogen and oxygen atoms in total. The average molecular weight is 236 g/mol. The first-order chi connectivity index (χ1) is 8.83. The highest BCUT2D eigenvalue weighted by atomic mass is 15.3. The van der Waals surface area contributed by atoms with Gasteiger partial charge >= 0.3 is 0 Å². The van der Waals surface area contributed by atoms with E-state index >= 15 is 0 Å². The Bertz CT molecular complexity index is 641. The van der Waals surface area contributed by atoms with Crippen LogP contribution in [0.1, 0.15) is 0 Å². The molecule has 2 aromatic heterocycles. The summed E-state index contributed by atoms with van der Waals surface area (Å²) in [6.07, 6.45) is 7.33. The maximum absolute atomic E-state index is 5.67. The SMILES string of the molecule is Nc1ccc(-c2cnn(-c3ccncc3)c2)cc1. The molecule has 0 spiro atoms. The lowest BCUT2D eigenvalue weighted by atomic mass is 10.1. The summed E-state index contributed by atoms with van der Waals surface area (Å²) in [6.45, 7) is 0. The first-order valence-corrected chi connectivity index (χ1v) is 5.64. The zero-order valence-corrected chi connectivity index (χ0v) is 9.69. The average Bonchev–Trinajstić information content (AvgIpc) is 2.90. The molecule has 0 bridgehead atoms. The van der Waals surface area contributed by atoms with Crippen LogP contribution in [0.15, 0.2) is 61.2 Å². The van der Waals surface area contributed by atoms with Crippen molar-refractivity contribution in [1.29, 1.82) is 0 Å². The third kappa shape index (κ3) is 1.96. The van der Waals surface area contributed by atoms with E-state index in [4.69, 9.17) is 5.73 Å². The minimum atomic E-state index is 0.764. The molecule has 0 saturated heterocycles. The van der Waals surface area contributed by atoms with E-state index < -0.39 is 0 Å². The van der Waals surface area contributed by atoms with E-state index in [1.54, 1.807) is 12.4 Å². The van der Waals surface area contributed by atoms with Crippen LogP contribution in [0.4, 0.5) is 5.69 Å². The van der Waals surface area contributed by atoms with Gasteiger partial charge < -0.3 is 5.73 Å². The lowest BCUT2D eigenvalue weighted by Gasteiger charge is -1.99. The number of aromatic nitrogens is 3. The van der Waals surface area contributed by atoms with Crippen LogP contribution in [0.25, 0.3) is 16.8 Å². The molecule has 0 saturated carbocycles. The van der Waals surface area contributed by atoms with Gasteiger partial charge in [-0.1, -0.05) is 12.1 Å². The quantitative estimate of drug-likeness (QED) is 0.695. The first-order valence-electron chi connectivity index (χ1n) is 5.64. The summed E-state index contributed by atoms with van der Waals surface area (Å²) in [6, 6.07) is 11.6. The van der Waals surface area contributed by atoms with Gasteiger partial charge in [0.1, 0.15) is 0 Å². The monoisotopic (exact) mass is 236 g/mol. The zero-order chi connectivity index (χ0) is 12.4. The zero-order valence-electron chi connectivity index (χ0n) is 9.69. The van der Waals surface area contributed by atoms with Gasteiger partial charge in [-0.15, -0.1) is 0 Å². The Kier molecular flexibility index (Phi) is 2.53. The van der Waals surface area contributed by atoms with Crippen LogP contribution < -0.4 is 5.73 Å². The van der Waals surface area contributed by atoms with E-state index in [1.807, 2.05) is 53.5 Å². The third-order valence-electron chi connectivity index (χ3n) is 2.75. The van der Waals surface area contributed by atoms with E-state index in [0.29, 0.717) is 0 Å². The van der Waals surface area contributed by atoms with E-state index in [-0.39, 0.29) is 0 Å². The summed E-state index contributed by atoms with van der Waals surface area (Å²) >= 11 is 0. The molecule has 0 aliphatic heterocycles. The van der Waals surface area contributed by atoms with Gasteiger partial charge in [-0.3, -0.25) is 4.98 Å². The fourth-order valence-electron chi connectivity index (χ4n) is 1.79. The van der Waals surface area contributed by atoms with Crippen molar-refractivity contribution in [1.82, 2.24) is 14.8 Å². The Morgan fingerprint density at radius 1 is 0.889 bits per heavy atom. The van der Waals surface area contributed by atoms with E-state index in [1.165, 1.54) is 0 Å². The maximum Gasteiger partial charge on any atom is 0.0676 e. The van der Waals surface area contributed by atoms with Crippen molar-refractivity contribution >= 4 is 5.69 Å². The van der Waals surface area contributed by atoms with Crippen molar-refractivity contribution in [3.63, 3.8) is 0 Å². The number of anilines is 1. The lowest BCUT2D eigenvalue weighted by molar-refractivity contribution is 0.878. The Labute approximate surface area is 105 Å². The van der Waals surface area contributed by atoms with Crippen molar-refractivity contribution < 1.29 is 0 Å². The standard InChI is InChI=1S/C14H12N4/c15-13-3-1-11(2-4-13)12-9-17-18(10-12)14-5-7-16-8-6-14/h1-10H,15H2. The highest BCUT2D eigenvalue weighted by Crippen LogP contribution is 2.20. The highest BCUT2D eigenvalue weighted by molar-refractivity contribution is 5.64. The van der Waals surface area contributed by atoms with Gasteiger partial charge in [-0.2, -0.15) is 5.10 Å². The summed E-state index contributed by atoms with van der Waals surface area (Å²) < 4.78 is 1.83. The Balaban J connectivity index is 1.97. The maximum atomic E-state index is 5.67. The van der Waals surface area contributed by atoms with Gasteiger partial charge in [0.15, 0.2) is 0 Å². The molecular weight excluding hydrogens is 224 g/mol. The van der Waals surface area contributed by atoms with Gasteiger partial charge in [-0.05, 0) is 29.8 Å². The van der Waals surface area contributed by atoms with Gasteiger partial charge in [0, 0.05) is 29.8 Å². The number of hydrogen-bond donors (Lipinski definition) is 1. The van der Waals surface area contributed by atoms with Gasteiger partial charge in [0.2, 0.25) is 0 Å². The minimum Gasteiger partial charge on any atom is -0.399 e. The smallest absolute Gasteiger partial charge is 0.0676 e. The number of hydrogen-bond acceptors (Lipinski definition) is 3. The van der Waals surface area contributed by atoms with Gasteiger partial charge in [-0.25, -0.2) is 4.68 Å². The second kappa shape index (κ2) is 4.33. The second-order valence-corrected chi connectivity index (χ2v) is 4.00. The minimum absolute atomic E-state index is 0.764. The predicted molar refractivity (Wildman–Crippen MR) is 71.2 cm³/mol. The highest BCUT2D eigenvalue weighted by Gasteiger charge is 2.02. The first kappa shape index (κ1) is 10.5. The van der Waals surface area contributed by atoms with Crippen molar-refractivity contribution in [2.75, 3.05) is 5.73 Å². The predicted octanol–water partition coefficient (Wildman–Crippen LogP) is 2.52. The van der Waals surface area contributed by atoms with Crippen molar-refractivity contribution in [3.05, 3.63) is 61.2 Å². The fourth-order valence-corrected chi connectivity index (χ4v) is 1.79. The van der Waals surface area contributed by atoms with Gasteiger partial charge in [0.25, 0.3) is 0 Å². The number of nitrogen functional groups attached to an aromatic ring is 1. The summed E-state index contributed by atoms with van der Waals surface area (Å²) in [5.41, 5.74) is 9.59. The summed E-state index contributed by atoms with van der Waals surface area (Å²) in [5.74, 6) is 0. The molecule has 0 aliphatic rings. The summed E-state index contributed by atoms with van der Waals surface area (Å²) in [4.78, 5) is 3.99.